The molecule has 0 fully saturated rings. The number of hydrogen-bond acceptors (Lipinski definition) is 3. The summed E-state index contributed by atoms with van der Waals surface area (Å²) in [5, 5.41) is 0. The zero-order valence-corrected chi connectivity index (χ0v) is 16.6. The van der Waals surface area contributed by atoms with Crippen molar-refractivity contribution in [3.05, 3.63) is 70.8 Å². The van der Waals surface area contributed by atoms with Crippen LogP contribution in [-0.2, 0) is 11.2 Å². The quantitative estimate of drug-likeness (QED) is 0.542. The van der Waals surface area contributed by atoms with Gasteiger partial charge in [-0.25, -0.2) is 4.79 Å². The van der Waals surface area contributed by atoms with Gasteiger partial charge in [0.05, 0.1) is 5.56 Å². The maximum atomic E-state index is 12.3. The van der Waals surface area contributed by atoms with E-state index < -0.39 is 5.60 Å². The first-order chi connectivity index (χ1) is 12.0. The highest BCUT2D eigenvalue weighted by Crippen LogP contribution is 2.21. The van der Waals surface area contributed by atoms with Crippen LogP contribution in [0, 0.1) is 5.41 Å². The third-order valence-electron chi connectivity index (χ3n) is 3.89. The number of hydrogen-bond donors (Lipinski definition) is 0. The Morgan fingerprint density at radius 3 is 1.54 bits per heavy atom. The molecular formula is C23H28O3. The van der Waals surface area contributed by atoms with Gasteiger partial charge >= 0.3 is 5.97 Å². The summed E-state index contributed by atoms with van der Waals surface area (Å²) in [5.74, 6) is -0.167. The number of benzene rings is 2. The molecule has 0 saturated carbocycles. The van der Waals surface area contributed by atoms with Crippen LogP contribution in [-0.4, -0.2) is 17.4 Å². The second-order valence-electron chi connectivity index (χ2n) is 8.65. The number of ketones is 1. The second kappa shape index (κ2) is 7.45. The van der Waals surface area contributed by atoms with Crippen LogP contribution in [0.4, 0.5) is 0 Å². The predicted octanol–water partition coefficient (Wildman–Crippen LogP) is 5.46. The Bertz CT molecular complexity index is 770. The van der Waals surface area contributed by atoms with Crippen molar-refractivity contribution in [2.45, 2.75) is 53.6 Å². The van der Waals surface area contributed by atoms with Crippen molar-refractivity contribution >= 4 is 11.8 Å². The van der Waals surface area contributed by atoms with Crippen LogP contribution in [0.5, 0.6) is 0 Å². The normalized spacial score (nSPS) is 11.9. The van der Waals surface area contributed by atoms with E-state index in [0.717, 1.165) is 23.1 Å². The van der Waals surface area contributed by atoms with E-state index in [1.54, 1.807) is 12.1 Å². The summed E-state index contributed by atoms with van der Waals surface area (Å²) in [6.45, 7) is 11.3. The molecule has 0 unspecified atom stereocenters. The van der Waals surface area contributed by atoms with E-state index in [1.807, 2.05) is 77.9 Å². The zero-order chi connectivity index (χ0) is 19.5. The minimum absolute atomic E-state index is 0.144. The number of rotatable bonds is 4. The van der Waals surface area contributed by atoms with Gasteiger partial charge in [0.25, 0.3) is 0 Å². The summed E-state index contributed by atoms with van der Waals surface area (Å²) >= 11 is 0. The first-order valence-electron chi connectivity index (χ1n) is 8.92. The first kappa shape index (κ1) is 19.9. The lowest BCUT2D eigenvalue weighted by Crippen LogP contribution is -2.23. The molecule has 0 spiro atoms. The van der Waals surface area contributed by atoms with Gasteiger partial charge in [-0.3, -0.25) is 4.79 Å². The fourth-order valence-corrected chi connectivity index (χ4v) is 2.54. The van der Waals surface area contributed by atoms with Gasteiger partial charge < -0.3 is 4.74 Å². The molecule has 0 amide bonds. The van der Waals surface area contributed by atoms with Crippen molar-refractivity contribution in [1.29, 1.82) is 0 Å². The van der Waals surface area contributed by atoms with E-state index in [1.165, 1.54) is 0 Å². The topological polar surface area (TPSA) is 43.4 Å². The molecule has 0 saturated heterocycles. The standard InChI is InChI=1S/C23H28O3/c1-22(2,3)20(24)18-11-7-16(8-12-18)15-17-9-13-19(14-10-17)21(25)26-23(4,5)6/h7-14H,15H2,1-6H3. The Morgan fingerprint density at radius 2 is 1.15 bits per heavy atom. The third-order valence-corrected chi connectivity index (χ3v) is 3.89. The van der Waals surface area contributed by atoms with Crippen LogP contribution in [0.25, 0.3) is 0 Å². The van der Waals surface area contributed by atoms with Crippen molar-refractivity contribution in [3.63, 3.8) is 0 Å². The molecule has 0 N–H and O–H groups in total. The van der Waals surface area contributed by atoms with Crippen LogP contribution >= 0.6 is 0 Å². The fraction of sp³-hybridized carbons (Fsp3) is 0.391. The Hall–Kier alpha value is -2.42. The second-order valence-corrected chi connectivity index (χ2v) is 8.65. The van der Waals surface area contributed by atoms with Gasteiger partial charge in [-0.15, -0.1) is 0 Å². The number of carbonyl (C=O) groups excluding carboxylic acids is 2. The molecule has 0 atom stereocenters. The summed E-state index contributed by atoms with van der Waals surface area (Å²) in [5.41, 5.74) is 2.64. The number of carbonyl (C=O) groups is 2. The first-order valence-corrected chi connectivity index (χ1v) is 8.92. The van der Waals surface area contributed by atoms with Crippen LogP contribution in [0.15, 0.2) is 48.5 Å². The molecule has 3 nitrogen and oxygen atoms in total. The molecule has 2 aromatic rings. The van der Waals surface area contributed by atoms with Gasteiger partial charge in [0.2, 0.25) is 0 Å². The molecule has 0 radical (unpaired) electrons. The Labute approximate surface area is 156 Å². The van der Waals surface area contributed by atoms with E-state index in [4.69, 9.17) is 4.74 Å². The summed E-state index contributed by atoms with van der Waals surface area (Å²) in [7, 11) is 0. The fourth-order valence-electron chi connectivity index (χ4n) is 2.54. The van der Waals surface area contributed by atoms with E-state index >= 15 is 0 Å². The third kappa shape index (κ3) is 5.55. The SMILES string of the molecule is CC(C)(C)OC(=O)c1ccc(Cc2ccc(C(=O)C(C)(C)C)cc2)cc1. The van der Waals surface area contributed by atoms with Crippen LogP contribution in [0.2, 0.25) is 0 Å². The van der Waals surface area contributed by atoms with Gasteiger partial charge in [-0.1, -0.05) is 57.2 Å². The van der Waals surface area contributed by atoms with E-state index in [9.17, 15) is 9.59 Å². The Kier molecular flexibility index (Phi) is 5.70. The van der Waals surface area contributed by atoms with E-state index in [0.29, 0.717) is 5.56 Å². The largest absolute Gasteiger partial charge is 0.456 e. The summed E-state index contributed by atoms with van der Waals surface area (Å²) in [6, 6.07) is 15.2. The average molecular weight is 352 g/mol. The zero-order valence-electron chi connectivity index (χ0n) is 16.6. The molecule has 0 heterocycles. The van der Waals surface area contributed by atoms with Gasteiger partial charge in [-0.2, -0.15) is 0 Å². The smallest absolute Gasteiger partial charge is 0.338 e. The molecule has 0 bridgehead atoms. The summed E-state index contributed by atoms with van der Waals surface area (Å²) < 4.78 is 5.37. The number of esters is 1. The lowest BCUT2D eigenvalue weighted by atomic mass is 9.86. The highest BCUT2D eigenvalue weighted by Gasteiger charge is 2.22. The molecule has 0 aromatic heterocycles. The molecule has 2 rings (SSSR count). The van der Waals surface area contributed by atoms with Crippen molar-refractivity contribution in [1.82, 2.24) is 0 Å². The lowest BCUT2D eigenvalue weighted by Gasteiger charge is -2.19. The van der Waals surface area contributed by atoms with Gasteiger partial charge in [0.15, 0.2) is 5.78 Å². The number of ether oxygens (including phenoxy) is 1. The summed E-state index contributed by atoms with van der Waals surface area (Å²) in [4.78, 5) is 24.4. The van der Waals surface area contributed by atoms with Crippen LogP contribution in [0.1, 0.15) is 73.4 Å². The lowest BCUT2D eigenvalue weighted by molar-refractivity contribution is 0.00694. The summed E-state index contributed by atoms with van der Waals surface area (Å²) in [6.07, 6.45) is 0.749. The average Bonchev–Trinajstić information content (AvgIpc) is 2.53. The van der Waals surface area contributed by atoms with Crippen molar-refractivity contribution in [2.75, 3.05) is 0 Å². The molecule has 2 aromatic carbocycles. The predicted molar refractivity (Wildman–Crippen MR) is 105 cm³/mol. The molecule has 0 aliphatic carbocycles. The van der Waals surface area contributed by atoms with Gasteiger partial charge in [-0.05, 0) is 50.5 Å². The Balaban J connectivity index is 2.05. The van der Waals surface area contributed by atoms with E-state index in [-0.39, 0.29) is 17.2 Å². The molecule has 0 aliphatic rings. The van der Waals surface area contributed by atoms with Gasteiger partial charge in [0, 0.05) is 11.0 Å². The van der Waals surface area contributed by atoms with Crippen LogP contribution in [0.3, 0.4) is 0 Å². The highest BCUT2D eigenvalue weighted by atomic mass is 16.6. The minimum atomic E-state index is -0.498. The highest BCUT2D eigenvalue weighted by molar-refractivity contribution is 5.99. The molecule has 26 heavy (non-hydrogen) atoms. The monoisotopic (exact) mass is 352 g/mol. The van der Waals surface area contributed by atoms with Gasteiger partial charge in [0.1, 0.15) is 5.60 Å². The molecule has 0 aliphatic heterocycles. The molecular weight excluding hydrogens is 324 g/mol. The van der Waals surface area contributed by atoms with Crippen molar-refractivity contribution < 1.29 is 14.3 Å². The number of Topliss-reactive ketones (excluding diaryl/α,β-unsaturated/α-hetero) is 1. The van der Waals surface area contributed by atoms with Crippen molar-refractivity contribution in [2.24, 2.45) is 5.41 Å². The maximum Gasteiger partial charge on any atom is 0.338 e. The molecule has 3 heteroatoms. The van der Waals surface area contributed by atoms with Crippen LogP contribution < -0.4 is 0 Å². The molecule has 138 valence electrons. The van der Waals surface area contributed by atoms with Crippen molar-refractivity contribution in [3.8, 4) is 0 Å². The maximum absolute atomic E-state index is 12.3. The van der Waals surface area contributed by atoms with E-state index in [2.05, 4.69) is 0 Å². The Morgan fingerprint density at radius 1 is 0.731 bits per heavy atom. The minimum Gasteiger partial charge on any atom is -0.456 e.